The molecule has 0 saturated carbocycles. The molecule has 0 aliphatic carbocycles. The van der Waals surface area contributed by atoms with Gasteiger partial charge in [0.2, 0.25) is 0 Å². The first-order valence-electron chi connectivity index (χ1n) is 6.58. The smallest absolute Gasteiger partial charge is 0.344 e. The Labute approximate surface area is 111 Å². The molecular weight excluding hydrogens is 236 g/mol. The molecule has 0 saturated heterocycles. The van der Waals surface area contributed by atoms with Gasteiger partial charge in [-0.05, 0) is 43.0 Å². The Kier molecular flexibility index (Phi) is 2.67. The lowest BCUT2D eigenvalue weighted by Gasteiger charge is -2.12. The molecule has 2 heteroatoms. The highest BCUT2D eigenvalue weighted by Gasteiger charge is 2.13. The monoisotopic (exact) mass is 252 g/mol. The Morgan fingerprint density at radius 2 is 1.84 bits per heavy atom. The van der Waals surface area contributed by atoms with Crippen LogP contribution in [-0.4, -0.2) is 0 Å². The summed E-state index contributed by atoms with van der Waals surface area (Å²) >= 11 is 0. The topological polar surface area (TPSA) is 30.2 Å². The van der Waals surface area contributed by atoms with Gasteiger partial charge in [0, 0.05) is 10.8 Å². The van der Waals surface area contributed by atoms with Crippen molar-refractivity contribution in [3.05, 3.63) is 57.4 Å². The summed E-state index contributed by atoms with van der Waals surface area (Å²) < 4.78 is 5.44. The number of fused-ring (bicyclic) bond motifs is 3. The Hall–Kier alpha value is -2.09. The maximum absolute atomic E-state index is 12.2. The van der Waals surface area contributed by atoms with E-state index in [1.54, 1.807) is 0 Å². The van der Waals surface area contributed by atoms with E-state index in [0.717, 1.165) is 28.1 Å². The number of rotatable bonds is 1. The third-order valence-electron chi connectivity index (χ3n) is 3.87. The third-order valence-corrected chi connectivity index (χ3v) is 3.87. The maximum atomic E-state index is 12.2. The number of hydrogen-bond donors (Lipinski definition) is 0. The molecule has 0 spiro atoms. The molecule has 0 radical (unpaired) electrons. The second-order valence-electron chi connectivity index (χ2n) is 4.96. The van der Waals surface area contributed by atoms with E-state index in [1.807, 2.05) is 31.2 Å². The molecular formula is C17H16O2. The first-order chi connectivity index (χ1) is 9.13. The standard InChI is InChI=1S/C17H16O2/c1-4-12-10(2)9-14-13-7-5-6-8-15(13)19-17(18)16(14)11(12)3/h5-9H,4H2,1-3H3. The lowest BCUT2D eigenvalue weighted by Crippen LogP contribution is -2.05. The van der Waals surface area contributed by atoms with Crippen molar-refractivity contribution in [2.45, 2.75) is 27.2 Å². The molecule has 0 amide bonds. The van der Waals surface area contributed by atoms with Crippen molar-refractivity contribution >= 4 is 21.7 Å². The van der Waals surface area contributed by atoms with Gasteiger partial charge in [0.15, 0.2) is 0 Å². The molecule has 0 fully saturated rings. The van der Waals surface area contributed by atoms with E-state index in [1.165, 1.54) is 11.1 Å². The molecule has 0 aliphatic heterocycles. The Morgan fingerprint density at radius 3 is 2.58 bits per heavy atom. The summed E-state index contributed by atoms with van der Waals surface area (Å²) in [6, 6.07) is 9.82. The largest absolute Gasteiger partial charge is 0.422 e. The van der Waals surface area contributed by atoms with E-state index in [0.29, 0.717) is 5.58 Å². The van der Waals surface area contributed by atoms with Crippen molar-refractivity contribution in [2.75, 3.05) is 0 Å². The van der Waals surface area contributed by atoms with Crippen LogP contribution in [0.15, 0.2) is 39.5 Å². The zero-order valence-corrected chi connectivity index (χ0v) is 11.4. The quantitative estimate of drug-likeness (QED) is 0.481. The molecule has 2 aromatic carbocycles. The second kappa shape index (κ2) is 4.23. The van der Waals surface area contributed by atoms with Crippen LogP contribution >= 0.6 is 0 Å². The van der Waals surface area contributed by atoms with Crippen LogP contribution in [0.4, 0.5) is 0 Å². The van der Waals surface area contributed by atoms with Gasteiger partial charge >= 0.3 is 5.63 Å². The average molecular weight is 252 g/mol. The van der Waals surface area contributed by atoms with Gasteiger partial charge in [-0.2, -0.15) is 0 Å². The van der Waals surface area contributed by atoms with Crippen molar-refractivity contribution in [3.8, 4) is 0 Å². The molecule has 19 heavy (non-hydrogen) atoms. The van der Waals surface area contributed by atoms with E-state index in [2.05, 4.69) is 19.9 Å². The van der Waals surface area contributed by atoms with Crippen LogP contribution < -0.4 is 5.63 Å². The second-order valence-corrected chi connectivity index (χ2v) is 4.96. The molecule has 96 valence electrons. The minimum absolute atomic E-state index is 0.235. The highest BCUT2D eigenvalue weighted by Crippen LogP contribution is 2.28. The van der Waals surface area contributed by atoms with Gasteiger partial charge in [0.25, 0.3) is 0 Å². The van der Waals surface area contributed by atoms with E-state index < -0.39 is 0 Å². The zero-order valence-electron chi connectivity index (χ0n) is 11.4. The van der Waals surface area contributed by atoms with Gasteiger partial charge < -0.3 is 4.42 Å². The summed E-state index contributed by atoms with van der Waals surface area (Å²) in [5.74, 6) is 0. The molecule has 0 unspecified atom stereocenters. The number of benzene rings is 2. The van der Waals surface area contributed by atoms with E-state index in [4.69, 9.17) is 4.42 Å². The summed E-state index contributed by atoms with van der Waals surface area (Å²) in [6.45, 7) is 6.23. The highest BCUT2D eigenvalue weighted by molar-refractivity contribution is 6.05. The summed E-state index contributed by atoms with van der Waals surface area (Å²) in [5.41, 5.74) is 3.96. The van der Waals surface area contributed by atoms with Crippen LogP contribution in [0, 0.1) is 13.8 Å². The van der Waals surface area contributed by atoms with Gasteiger partial charge in [-0.3, -0.25) is 0 Å². The Balaban J connectivity index is 2.64. The van der Waals surface area contributed by atoms with Gasteiger partial charge in [-0.1, -0.05) is 31.2 Å². The Morgan fingerprint density at radius 1 is 1.11 bits per heavy atom. The van der Waals surface area contributed by atoms with Crippen molar-refractivity contribution in [1.82, 2.24) is 0 Å². The first-order valence-corrected chi connectivity index (χ1v) is 6.58. The number of hydrogen-bond acceptors (Lipinski definition) is 2. The molecule has 0 aliphatic rings. The van der Waals surface area contributed by atoms with Gasteiger partial charge in [0.1, 0.15) is 5.58 Å². The predicted octanol–water partition coefficient (Wildman–Crippen LogP) is 4.13. The zero-order chi connectivity index (χ0) is 13.6. The van der Waals surface area contributed by atoms with Crippen LogP contribution in [0.2, 0.25) is 0 Å². The van der Waals surface area contributed by atoms with Crippen LogP contribution in [0.25, 0.3) is 21.7 Å². The van der Waals surface area contributed by atoms with Crippen molar-refractivity contribution in [3.63, 3.8) is 0 Å². The summed E-state index contributed by atoms with van der Waals surface area (Å²) in [6.07, 6.45) is 0.930. The lowest BCUT2D eigenvalue weighted by molar-refractivity contribution is 0.569. The summed E-state index contributed by atoms with van der Waals surface area (Å²) in [5, 5.41) is 2.73. The Bertz CT molecular complexity index is 841. The fraction of sp³-hybridized carbons (Fsp3) is 0.235. The van der Waals surface area contributed by atoms with Crippen LogP contribution in [0.3, 0.4) is 0 Å². The molecule has 1 heterocycles. The first kappa shape index (κ1) is 12.0. The van der Waals surface area contributed by atoms with E-state index in [9.17, 15) is 4.79 Å². The molecule has 3 aromatic rings. The van der Waals surface area contributed by atoms with Crippen molar-refractivity contribution in [2.24, 2.45) is 0 Å². The SMILES string of the molecule is CCc1c(C)cc2c(c1C)c(=O)oc1ccccc12. The van der Waals surface area contributed by atoms with Crippen LogP contribution in [-0.2, 0) is 6.42 Å². The van der Waals surface area contributed by atoms with Gasteiger partial charge in [-0.25, -0.2) is 4.79 Å². The van der Waals surface area contributed by atoms with Crippen molar-refractivity contribution in [1.29, 1.82) is 0 Å². The number of aryl methyl sites for hydroxylation is 2. The molecule has 0 bridgehead atoms. The minimum Gasteiger partial charge on any atom is -0.422 e. The molecule has 0 atom stereocenters. The minimum atomic E-state index is -0.235. The van der Waals surface area contributed by atoms with Gasteiger partial charge in [-0.15, -0.1) is 0 Å². The molecule has 2 nitrogen and oxygen atoms in total. The third kappa shape index (κ3) is 1.67. The van der Waals surface area contributed by atoms with Crippen molar-refractivity contribution < 1.29 is 4.42 Å². The van der Waals surface area contributed by atoms with E-state index >= 15 is 0 Å². The lowest BCUT2D eigenvalue weighted by atomic mass is 9.94. The highest BCUT2D eigenvalue weighted by atomic mass is 16.4. The molecule has 3 rings (SSSR count). The van der Waals surface area contributed by atoms with Gasteiger partial charge in [0.05, 0.1) is 5.39 Å². The van der Waals surface area contributed by atoms with Crippen LogP contribution in [0.1, 0.15) is 23.6 Å². The molecule has 1 aromatic heterocycles. The van der Waals surface area contributed by atoms with Crippen LogP contribution in [0.5, 0.6) is 0 Å². The fourth-order valence-electron chi connectivity index (χ4n) is 2.97. The molecule has 0 N–H and O–H groups in total. The summed E-state index contributed by atoms with van der Waals surface area (Å²) in [7, 11) is 0. The normalized spacial score (nSPS) is 11.3. The fourth-order valence-corrected chi connectivity index (χ4v) is 2.97. The van der Waals surface area contributed by atoms with E-state index in [-0.39, 0.29) is 5.63 Å². The average Bonchev–Trinajstić information content (AvgIpc) is 2.38. The maximum Gasteiger partial charge on any atom is 0.344 e. The number of para-hydroxylation sites is 1. The summed E-state index contributed by atoms with van der Waals surface area (Å²) in [4.78, 5) is 12.2. The predicted molar refractivity (Wildman–Crippen MR) is 78.8 cm³/mol.